The Hall–Kier alpha value is -1.57. The lowest BCUT2D eigenvalue weighted by molar-refractivity contribution is 0.0696. The zero-order valence-corrected chi connectivity index (χ0v) is 7.88. The smallest absolute Gasteiger partial charge is 0.337 e. The van der Waals surface area contributed by atoms with Crippen LogP contribution in [0.1, 0.15) is 21.5 Å². The van der Waals surface area contributed by atoms with Crippen LogP contribution < -0.4 is 5.73 Å². The first-order valence-electron chi connectivity index (χ1n) is 3.76. The summed E-state index contributed by atoms with van der Waals surface area (Å²) < 4.78 is 0. The number of rotatable bonds is 2. The lowest BCUT2D eigenvalue weighted by Crippen LogP contribution is -2.05. The van der Waals surface area contributed by atoms with E-state index < -0.39 is 5.97 Å². The summed E-state index contributed by atoms with van der Waals surface area (Å²) in [5.74, 6) is -1.18. The van der Waals surface area contributed by atoms with Gasteiger partial charge in [0, 0.05) is 6.54 Å². The largest absolute Gasteiger partial charge is 0.478 e. The lowest BCUT2D eigenvalue weighted by atomic mass is 10.0. The maximum atomic E-state index is 10.8. The predicted molar refractivity (Wildman–Crippen MR) is 51.0 cm³/mol. The van der Waals surface area contributed by atoms with Crippen LogP contribution >= 0.6 is 11.6 Å². The van der Waals surface area contributed by atoms with Gasteiger partial charge in [-0.2, -0.15) is 5.26 Å². The van der Waals surface area contributed by atoms with Crippen molar-refractivity contribution in [3.63, 3.8) is 0 Å². The number of carboxylic acid groups (broad SMARTS) is 1. The highest BCUT2D eigenvalue weighted by molar-refractivity contribution is 6.32. The number of carbonyl (C=O) groups is 1. The summed E-state index contributed by atoms with van der Waals surface area (Å²) in [6.45, 7) is 0.186. The van der Waals surface area contributed by atoms with Crippen LogP contribution in [0.2, 0.25) is 5.02 Å². The van der Waals surface area contributed by atoms with E-state index in [9.17, 15) is 4.79 Å². The zero-order chi connectivity index (χ0) is 10.7. The Balaban J connectivity index is 3.45. The molecule has 4 nitrogen and oxygen atoms in total. The summed E-state index contributed by atoms with van der Waals surface area (Å²) in [5, 5.41) is 17.6. The van der Waals surface area contributed by atoms with Gasteiger partial charge in [0.2, 0.25) is 0 Å². The first-order chi connectivity index (χ1) is 6.60. The molecular formula is C9H7ClN2O2. The number of nitrogens with two attached hydrogens (primary N) is 1. The molecule has 0 amide bonds. The van der Waals surface area contributed by atoms with Crippen molar-refractivity contribution in [3.8, 4) is 6.07 Å². The Kier molecular flexibility index (Phi) is 3.07. The van der Waals surface area contributed by atoms with Crippen LogP contribution in [-0.2, 0) is 6.54 Å². The molecule has 0 aromatic heterocycles. The quantitative estimate of drug-likeness (QED) is 0.772. The van der Waals surface area contributed by atoms with Crippen LogP contribution in [0.15, 0.2) is 12.1 Å². The number of carboxylic acids is 1. The van der Waals surface area contributed by atoms with Gasteiger partial charge in [-0.1, -0.05) is 11.6 Å². The van der Waals surface area contributed by atoms with Crippen LogP contribution in [0.3, 0.4) is 0 Å². The molecule has 0 radical (unpaired) electrons. The van der Waals surface area contributed by atoms with Crippen molar-refractivity contribution in [1.82, 2.24) is 0 Å². The van der Waals surface area contributed by atoms with Crippen molar-refractivity contribution in [2.24, 2.45) is 5.73 Å². The number of benzene rings is 1. The minimum Gasteiger partial charge on any atom is -0.478 e. The van der Waals surface area contributed by atoms with Gasteiger partial charge in [-0.15, -0.1) is 0 Å². The van der Waals surface area contributed by atoms with Gasteiger partial charge >= 0.3 is 5.97 Å². The van der Waals surface area contributed by atoms with Gasteiger partial charge in [0.1, 0.15) is 6.07 Å². The third-order valence-electron chi connectivity index (χ3n) is 1.73. The topological polar surface area (TPSA) is 87.1 Å². The Labute approximate surface area is 85.5 Å². The normalized spacial score (nSPS) is 9.50. The van der Waals surface area contributed by atoms with E-state index in [0.717, 1.165) is 0 Å². The Bertz CT molecular complexity index is 424. The van der Waals surface area contributed by atoms with E-state index in [1.165, 1.54) is 12.1 Å². The van der Waals surface area contributed by atoms with E-state index in [-0.39, 0.29) is 22.7 Å². The summed E-state index contributed by atoms with van der Waals surface area (Å²) in [5.41, 5.74) is 5.79. The van der Waals surface area contributed by atoms with Gasteiger partial charge in [0.05, 0.1) is 16.1 Å². The predicted octanol–water partition coefficient (Wildman–Crippen LogP) is 1.37. The number of nitrogens with zero attached hydrogens (tertiary/aromatic N) is 1. The zero-order valence-electron chi connectivity index (χ0n) is 7.12. The van der Waals surface area contributed by atoms with Crippen LogP contribution in [0.5, 0.6) is 0 Å². The van der Waals surface area contributed by atoms with Gasteiger partial charge in [-0.3, -0.25) is 0 Å². The standard InChI is InChI=1S/C9H7ClN2O2/c10-8-2-5(3-11)1-6(9(13)14)7(8)4-12/h1-2H,3,11H2,(H,13,14). The second kappa shape index (κ2) is 4.09. The molecule has 72 valence electrons. The number of halogens is 1. The summed E-state index contributed by atoms with van der Waals surface area (Å²) >= 11 is 5.72. The van der Waals surface area contributed by atoms with Gasteiger partial charge in [-0.25, -0.2) is 4.79 Å². The molecule has 14 heavy (non-hydrogen) atoms. The highest BCUT2D eigenvalue weighted by atomic mass is 35.5. The molecular weight excluding hydrogens is 204 g/mol. The maximum Gasteiger partial charge on any atom is 0.337 e. The molecule has 0 unspecified atom stereocenters. The van der Waals surface area contributed by atoms with Crippen molar-refractivity contribution >= 4 is 17.6 Å². The molecule has 0 spiro atoms. The molecule has 1 aromatic carbocycles. The molecule has 0 heterocycles. The molecule has 0 aliphatic rings. The Morgan fingerprint density at radius 2 is 2.29 bits per heavy atom. The number of nitriles is 1. The summed E-state index contributed by atoms with van der Waals surface area (Å²) in [7, 11) is 0. The third-order valence-corrected chi connectivity index (χ3v) is 2.03. The number of hydrogen-bond acceptors (Lipinski definition) is 3. The second-order valence-corrected chi connectivity index (χ2v) is 3.03. The third kappa shape index (κ3) is 1.84. The molecule has 0 bridgehead atoms. The summed E-state index contributed by atoms with van der Waals surface area (Å²) in [6, 6.07) is 4.59. The van der Waals surface area contributed by atoms with Crippen molar-refractivity contribution in [2.75, 3.05) is 0 Å². The van der Waals surface area contributed by atoms with E-state index in [1.54, 1.807) is 6.07 Å². The molecule has 3 N–H and O–H groups in total. The van der Waals surface area contributed by atoms with Crippen LogP contribution in [0.4, 0.5) is 0 Å². The fourth-order valence-electron chi connectivity index (χ4n) is 1.06. The van der Waals surface area contributed by atoms with E-state index in [1.807, 2.05) is 0 Å². The van der Waals surface area contributed by atoms with Crippen LogP contribution in [-0.4, -0.2) is 11.1 Å². The van der Waals surface area contributed by atoms with Gasteiger partial charge in [-0.05, 0) is 17.7 Å². The fraction of sp³-hybridized carbons (Fsp3) is 0.111. The van der Waals surface area contributed by atoms with E-state index >= 15 is 0 Å². The number of aromatic carboxylic acids is 1. The minimum atomic E-state index is -1.18. The lowest BCUT2D eigenvalue weighted by Gasteiger charge is -2.04. The van der Waals surface area contributed by atoms with Crippen molar-refractivity contribution in [2.45, 2.75) is 6.54 Å². The Morgan fingerprint density at radius 1 is 1.64 bits per heavy atom. The Morgan fingerprint density at radius 3 is 2.71 bits per heavy atom. The fourth-order valence-corrected chi connectivity index (χ4v) is 1.35. The van der Waals surface area contributed by atoms with E-state index in [4.69, 9.17) is 27.7 Å². The molecule has 5 heteroatoms. The van der Waals surface area contributed by atoms with E-state index in [0.29, 0.717) is 5.56 Å². The molecule has 0 atom stereocenters. The molecule has 0 saturated heterocycles. The molecule has 1 aromatic rings. The molecule has 0 saturated carbocycles. The first kappa shape index (κ1) is 10.5. The van der Waals surface area contributed by atoms with Gasteiger partial charge in [0.15, 0.2) is 0 Å². The van der Waals surface area contributed by atoms with Crippen LogP contribution in [0, 0.1) is 11.3 Å². The van der Waals surface area contributed by atoms with Crippen LogP contribution in [0.25, 0.3) is 0 Å². The first-order valence-corrected chi connectivity index (χ1v) is 4.13. The highest BCUT2D eigenvalue weighted by Crippen LogP contribution is 2.21. The van der Waals surface area contributed by atoms with Crippen molar-refractivity contribution < 1.29 is 9.90 Å². The monoisotopic (exact) mass is 210 g/mol. The van der Waals surface area contributed by atoms with Crippen molar-refractivity contribution in [1.29, 1.82) is 5.26 Å². The average Bonchev–Trinajstić information content (AvgIpc) is 2.16. The van der Waals surface area contributed by atoms with Crippen molar-refractivity contribution in [3.05, 3.63) is 33.8 Å². The molecule has 0 aliphatic heterocycles. The van der Waals surface area contributed by atoms with E-state index in [2.05, 4.69) is 0 Å². The summed E-state index contributed by atoms with van der Waals surface area (Å²) in [6.07, 6.45) is 0. The molecule has 1 rings (SSSR count). The summed E-state index contributed by atoms with van der Waals surface area (Å²) in [4.78, 5) is 10.8. The molecule has 0 aliphatic carbocycles. The number of hydrogen-bond donors (Lipinski definition) is 2. The second-order valence-electron chi connectivity index (χ2n) is 2.62. The van der Waals surface area contributed by atoms with Gasteiger partial charge < -0.3 is 10.8 Å². The average molecular weight is 211 g/mol. The SMILES string of the molecule is N#Cc1c(Cl)cc(CN)cc1C(=O)O. The van der Waals surface area contributed by atoms with Gasteiger partial charge in [0.25, 0.3) is 0 Å². The minimum absolute atomic E-state index is 0.0311. The highest BCUT2D eigenvalue weighted by Gasteiger charge is 2.14. The maximum absolute atomic E-state index is 10.8. The molecule has 0 fully saturated rings.